The monoisotopic (exact) mass is 388 g/mol. The summed E-state index contributed by atoms with van der Waals surface area (Å²) in [4.78, 5) is 24.8. The lowest BCUT2D eigenvalue weighted by Gasteiger charge is -2.21. The minimum atomic E-state index is -0.978. The number of furan rings is 1. The molecule has 29 heavy (non-hydrogen) atoms. The third-order valence-corrected chi connectivity index (χ3v) is 5.13. The summed E-state index contributed by atoms with van der Waals surface area (Å²) in [6.45, 7) is 3.58. The quantitative estimate of drug-likeness (QED) is 0.293. The minimum Gasteiger partial charge on any atom is -0.456 e. The zero-order valence-electron chi connectivity index (χ0n) is 16.0. The summed E-state index contributed by atoms with van der Waals surface area (Å²) >= 11 is 0. The van der Waals surface area contributed by atoms with Crippen molar-refractivity contribution in [2.24, 2.45) is 5.73 Å². The van der Waals surface area contributed by atoms with Crippen molar-refractivity contribution in [2.45, 2.75) is 19.9 Å². The normalized spacial score (nSPS) is 12.2. The standard InChI is InChI=1S/C23H20N2O4/c1-13-7-9-15(10-8-13)22(26)18-11-16(14(2)25(28)23(24)27)12-20-21(18)17-5-3-4-6-19(17)29-20/h3-12,14,28H,1-2H3,(H2,24,27). The van der Waals surface area contributed by atoms with E-state index in [2.05, 4.69) is 0 Å². The van der Waals surface area contributed by atoms with Gasteiger partial charge in [-0.05, 0) is 37.6 Å². The average Bonchev–Trinajstić information content (AvgIpc) is 3.10. The van der Waals surface area contributed by atoms with E-state index in [0.29, 0.717) is 38.3 Å². The molecule has 6 heteroatoms. The molecule has 0 spiro atoms. The van der Waals surface area contributed by atoms with Crippen molar-refractivity contribution in [2.75, 3.05) is 0 Å². The molecule has 0 aliphatic carbocycles. The highest BCUT2D eigenvalue weighted by atomic mass is 16.5. The van der Waals surface area contributed by atoms with E-state index < -0.39 is 12.1 Å². The van der Waals surface area contributed by atoms with E-state index >= 15 is 0 Å². The SMILES string of the molecule is Cc1ccc(C(=O)c2cc(C(C)N(O)C(N)=O)cc3oc4ccccc4c23)cc1. The summed E-state index contributed by atoms with van der Waals surface area (Å²) in [6, 6.07) is 16.5. The molecule has 6 nitrogen and oxygen atoms in total. The molecule has 3 aromatic carbocycles. The number of nitrogens with two attached hydrogens (primary N) is 1. The van der Waals surface area contributed by atoms with Crippen molar-refractivity contribution in [3.05, 3.63) is 82.9 Å². The van der Waals surface area contributed by atoms with Crippen molar-refractivity contribution >= 4 is 33.8 Å². The lowest BCUT2D eigenvalue weighted by Crippen LogP contribution is -2.34. The van der Waals surface area contributed by atoms with E-state index in [-0.39, 0.29) is 5.78 Å². The average molecular weight is 388 g/mol. The van der Waals surface area contributed by atoms with Crippen LogP contribution in [0.25, 0.3) is 21.9 Å². The number of urea groups is 1. The van der Waals surface area contributed by atoms with E-state index in [4.69, 9.17) is 10.2 Å². The number of carbonyl (C=O) groups is 2. The van der Waals surface area contributed by atoms with Crippen molar-refractivity contribution in [1.82, 2.24) is 5.06 Å². The highest BCUT2D eigenvalue weighted by Gasteiger charge is 2.23. The zero-order valence-corrected chi connectivity index (χ0v) is 16.0. The Labute approximate surface area is 167 Å². The van der Waals surface area contributed by atoms with Gasteiger partial charge in [0.15, 0.2) is 5.78 Å². The maximum absolute atomic E-state index is 13.4. The number of benzene rings is 3. The van der Waals surface area contributed by atoms with Crippen LogP contribution in [0.15, 0.2) is 65.1 Å². The van der Waals surface area contributed by atoms with Gasteiger partial charge < -0.3 is 10.2 Å². The number of hydrogen-bond donors (Lipinski definition) is 2. The molecule has 0 bridgehead atoms. The summed E-state index contributed by atoms with van der Waals surface area (Å²) in [5.41, 5.74) is 8.93. The van der Waals surface area contributed by atoms with E-state index in [0.717, 1.165) is 10.9 Å². The number of hydrogen-bond acceptors (Lipinski definition) is 4. The number of aryl methyl sites for hydroxylation is 1. The molecule has 0 aliphatic heterocycles. The van der Waals surface area contributed by atoms with Crippen LogP contribution in [0.3, 0.4) is 0 Å². The topological polar surface area (TPSA) is 96.8 Å². The first-order valence-electron chi connectivity index (χ1n) is 9.21. The molecule has 0 radical (unpaired) electrons. The molecule has 0 saturated heterocycles. The van der Waals surface area contributed by atoms with Gasteiger partial charge in [-0.25, -0.2) is 4.79 Å². The van der Waals surface area contributed by atoms with E-state index in [9.17, 15) is 14.8 Å². The van der Waals surface area contributed by atoms with Crippen LogP contribution in [-0.2, 0) is 0 Å². The van der Waals surface area contributed by atoms with Crippen LogP contribution in [0.5, 0.6) is 0 Å². The third-order valence-electron chi connectivity index (χ3n) is 5.13. The summed E-state index contributed by atoms with van der Waals surface area (Å²) in [5, 5.41) is 11.9. The third kappa shape index (κ3) is 3.23. The Morgan fingerprint density at radius 1 is 1.03 bits per heavy atom. The number of nitrogens with zero attached hydrogens (tertiary/aromatic N) is 1. The molecule has 0 aliphatic rings. The zero-order chi connectivity index (χ0) is 20.7. The molecule has 146 valence electrons. The lowest BCUT2D eigenvalue weighted by molar-refractivity contribution is -0.0709. The van der Waals surface area contributed by atoms with Crippen LogP contribution in [0.2, 0.25) is 0 Å². The highest BCUT2D eigenvalue weighted by Crippen LogP contribution is 2.35. The maximum Gasteiger partial charge on any atom is 0.339 e. The number of ketones is 1. The van der Waals surface area contributed by atoms with Gasteiger partial charge in [0.25, 0.3) is 0 Å². The van der Waals surface area contributed by atoms with Gasteiger partial charge in [0.05, 0.1) is 6.04 Å². The second-order valence-corrected chi connectivity index (χ2v) is 7.09. The number of fused-ring (bicyclic) bond motifs is 3. The Kier molecular flexibility index (Phi) is 4.56. The van der Waals surface area contributed by atoms with Crippen LogP contribution in [-0.4, -0.2) is 22.1 Å². The molecule has 1 unspecified atom stereocenters. The largest absolute Gasteiger partial charge is 0.456 e. The van der Waals surface area contributed by atoms with Gasteiger partial charge in [-0.1, -0.05) is 48.0 Å². The Balaban J connectivity index is 1.97. The van der Waals surface area contributed by atoms with Crippen molar-refractivity contribution in [1.29, 1.82) is 0 Å². The number of carbonyl (C=O) groups excluding carboxylic acids is 2. The first kappa shape index (κ1) is 18.7. The van der Waals surface area contributed by atoms with Crippen LogP contribution < -0.4 is 5.73 Å². The number of para-hydroxylation sites is 1. The first-order chi connectivity index (χ1) is 13.9. The number of primary amides is 1. The highest BCUT2D eigenvalue weighted by molar-refractivity contribution is 6.22. The van der Waals surface area contributed by atoms with Crippen LogP contribution in [0, 0.1) is 6.92 Å². The van der Waals surface area contributed by atoms with Crippen molar-refractivity contribution < 1.29 is 19.2 Å². The predicted molar refractivity (Wildman–Crippen MR) is 110 cm³/mol. The summed E-state index contributed by atoms with van der Waals surface area (Å²) in [5.74, 6) is -0.167. The summed E-state index contributed by atoms with van der Waals surface area (Å²) in [7, 11) is 0. The van der Waals surface area contributed by atoms with Crippen LogP contribution >= 0.6 is 0 Å². The van der Waals surface area contributed by atoms with Gasteiger partial charge in [0, 0.05) is 21.9 Å². The number of hydroxylamine groups is 2. The van der Waals surface area contributed by atoms with Crippen molar-refractivity contribution in [3.63, 3.8) is 0 Å². The van der Waals surface area contributed by atoms with E-state index in [1.54, 1.807) is 31.2 Å². The second-order valence-electron chi connectivity index (χ2n) is 7.09. The van der Waals surface area contributed by atoms with Gasteiger partial charge in [0.1, 0.15) is 11.2 Å². The fourth-order valence-corrected chi connectivity index (χ4v) is 3.49. The van der Waals surface area contributed by atoms with Gasteiger partial charge in [0.2, 0.25) is 0 Å². The number of amides is 2. The van der Waals surface area contributed by atoms with Crippen molar-refractivity contribution in [3.8, 4) is 0 Å². The molecular formula is C23H20N2O4. The molecule has 1 atom stereocenters. The van der Waals surface area contributed by atoms with Gasteiger partial charge in [-0.15, -0.1) is 0 Å². The molecule has 0 fully saturated rings. The second kappa shape index (κ2) is 7.07. The Morgan fingerprint density at radius 2 is 1.72 bits per heavy atom. The van der Waals surface area contributed by atoms with E-state index in [1.807, 2.05) is 43.3 Å². The molecular weight excluding hydrogens is 368 g/mol. The predicted octanol–water partition coefficient (Wildman–Crippen LogP) is 4.96. The molecule has 2 amide bonds. The van der Waals surface area contributed by atoms with E-state index in [1.165, 1.54) is 0 Å². The van der Waals surface area contributed by atoms with Gasteiger partial charge >= 0.3 is 6.03 Å². The smallest absolute Gasteiger partial charge is 0.339 e. The molecule has 1 aromatic heterocycles. The first-order valence-corrected chi connectivity index (χ1v) is 9.21. The number of rotatable bonds is 4. The molecule has 0 saturated carbocycles. The Hall–Kier alpha value is -3.64. The van der Waals surface area contributed by atoms with Gasteiger partial charge in [-0.3, -0.25) is 10.0 Å². The minimum absolute atomic E-state index is 0.167. The molecule has 1 heterocycles. The Morgan fingerprint density at radius 3 is 2.41 bits per heavy atom. The molecule has 3 N–H and O–H groups in total. The summed E-state index contributed by atoms with van der Waals surface area (Å²) in [6.07, 6.45) is 0. The van der Waals surface area contributed by atoms with Crippen LogP contribution in [0.4, 0.5) is 4.79 Å². The molecule has 4 aromatic rings. The fourth-order valence-electron chi connectivity index (χ4n) is 3.49. The fraction of sp³-hybridized carbons (Fsp3) is 0.130. The molecule has 4 rings (SSSR count). The van der Waals surface area contributed by atoms with Crippen LogP contribution in [0.1, 0.15) is 40.0 Å². The lowest BCUT2D eigenvalue weighted by atomic mass is 9.94. The Bertz CT molecular complexity index is 1240. The van der Waals surface area contributed by atoms with Gasteiger partial charge in [-0.2, -0.15) is 5.06 Å². The summed E-state index contributed by atoms with van der Waals surface area (Å²) < 4.78 is 5.96. The maximum atomic E-state index is 13.4.